The Labute approximate surface area is 222 Å². The highest BCUT2D eigenvalue weighted by Crippen LogP contribution is 2.30. The molecule has 12 heteroatoms. The highest BCUT2D eigenvalue weighted by Gasteiger charge is 2.23. The van der Waals surface area contributed by atoms with Crippen LogP contribution < -0.4 is 20.9 Å². The normalized spacial score (nSPS) is 12.9. The number of nitrogens with one attached hydrogen (secondary N) is 3. The van der Waals surface area contributed by atoms with Gasteiger partial charge >= 0.3 is 0 Å². The first-order chi connectivity index (χ1) is 17.8. The molecule has 37 heavy (non-hydrogen) atoms. The number of benzene rings is 3. The molecular weight excluding hydrogens is 518 g/mol. The maximum absolute atomic E-state index is 12.7. The molecule has 0 bridgehead atoms. The molecule has 0 radical (unpaired) electrons. The number of nitro groups is 1. The fourth-order valence-corrected chi connectivity index (χ4v) is 4.17. The molecule has 3 N–H and O–H groups in total. The summed E-state index contributed by atoms with van der Waals surface area (Å²) in [7, 11) is 0. The second-order valence-electron chi connectivity index (χ2n) is 7.98. The van der Waals surface area contributed by atoms with Gasteiger partial charge in [0.25, 0.3) is 17.5 Å². The predicted molar refractivity (Wildman–Crippen MR) is 146 cm³/mol. The summed E-state index contributed by atoms with van der Waals surface area (Å²) in [6, 6.07) is 17.7. The Morgan fingerprint density at radius 1 is 0.946 bits per heavy atom. The maximum atomic E-state index is 12.7. The molecule has 3 aromatic rings. The lowest BCUT2D eigenvalue weighted by Gasteiger charge is -2.28. The fourth-order valence-electron chi connectivity index (χ4n) is 3.74. The van der Waals surface area contributed by atoms with Crippen LogP contribution in [0.25, 0.3) is 0 Å². The maximum Gasteiger partial charge on any atom is 0.293 e. The highest BCUT2D eigenvalue weighted by atomic mass is 35.5. The molecule has 1 fully saturated rings. The van der Waals surface area contributed by atoms with E-state index in [0.717, 1.165) is 0 Å². The number of amides is 2. The van der Waals surface area contributed by atoms with Crippen molar-refractivity contribution in [1.29, 1.82) is 0 Å². The molecule has 3 aromatic carbocycles. The predicted octanol–water partition coefficient (Wildman–Crippen LogP) is 4.46. The summed E-state index contributed by atoms with van der Waals surface area (Å²) in [5.74, 6) is -0.974. The number of rotatable bonds is 6. The molecule has 0 aromatic heterocycles. The molecule has 0 unspecified atom stereocenters. The third-order valence-corrected chi connectivity index (χ3v) is 6.04. The van der Waals surface area contributed by atoms with Gasteiger partial charge in [0.15, 0.2) is 5.11 Å². The number of hydrogen-bond donors (Lipinski definition) is 3. The summed E-state index contributed by atoms with van der Waals surface area (Å²) < 4.78 is 5.30. The Morgan fingerprint density at radius 2 is 1.65 bits per heavy atom. The molecule has 1 aliphatic heterocycles. The van der Waals surface area contributed by atoms with Gasteiger partial charge in [-0.1, -0.05) is 29.8 Å². The van der Waals surface area contributed by atoms with Crippen molar-refractivity contribution >= 4 is 63.5 Å². The number of carbonyl (C=O) groups is 2. The number of nitro benzene ring substituents is 1. The van der Waals surface area contributed by atoms with E-state index in [4.69, 9.17) is 28.6 Å². The van der Waals surface area contributed by atoms with Crippen LogP contribution in [0.5, 0.6) is 0 Å². The van der Waals surface area contributed by atoms with E-state index in [1.54, 1.807) is 54.6 Å². The zero-order valence-corrected chi connectivity index (χ0v) is 21.0. The Balaban J connectivity index is 1.40. The van der Waals surface area contributed by atoms with Gasteiger partial charge in [-0.05, 0) is 54.7 Å². The van der Waals surface area contributed by atoms with Crippen molar-refractivity contribution in [3.63, 3.8) is 0 Å². The van der Waals surface area contributed by atoms with E-state index in [0.29, 0.717) is 54.0 Å². The largest absolute Gasteiger partial charge is 0.378 e. The Hall–Kier alpha value is -4.06. The minimum atomic E-state index is -0.600. The number of nitrogens with zero attached hydrogens (tertiary/aromatic N) is 2. The molecule has 1 heterocycles. The second-order valence-corrected chi connectivity index (χ2v) is 8.80. The molecule has 4 rings (SSSR count). The van der Waals surface area contributed by atoms with E-state index >= 15 is 0 Å². The van der Waals surface area contributed by atoms with Crippen LogP contribution in [0.2, 0.25) is 5.02 Å². The van der Waals surface area contributed by atoms with E-state index < -0.39 is 10.8 Å². The molecule has 190 valence electrons. The van der Waals surface area contributed by atoms with Gasteiger partial charge in [-0.25, -0.2) is 0 Å². The molecule has 1 saturated heterocycles. The van der Waals surface area contributed by atoms with Crippen molar-refractivity contribution < 1.29 is 19.2 Å². The van der Waals surface area contributed by atoms with Crippen LogP contribution in [0.3, 0.4) is 0 Å². The van der Waals surface area contributed by atoms with Gasteiger partial charge in [0.1, 0.15) is 5.69 Å². The third kappa shape index (κ3) is 6.58. The zero-order valence-electron chi connectivity index (χ0n) is 19.4. The van der Waals surface area contributed by atoms with Crippen molar-refractivity contribution in [3.05, 3.63) is 93.0 Å². The lowest BCUT2D eigenvalue weighted by atomic mass is 10.1. The van der Waals surface area contributed by atoms with Crippen molar-refractivity contribution in [2.45, 2.75) is 0 Å². The summed E-state index contributed by atoms with van der Waals surface area (Å²) in [6.45, 7) is 2.00. The molecular formula is C25H22ClN5O5S. The third-order valence-electron chi connectivity index (χ3n) is 5.51. The molecule has 0 spiro atoms. The number of anilines is 3. The van der Waals surface area contributed by atoms with Gasteiger partial charge in [-0.3, -0.25) is 25.0 Å². The van der Waals surface area contributed by atoms with Gasteiger partial charge in [-0.2, -0.15) is 0 Å². The average Bonchev–Trinajstić information content (AvgIpc) is 2.89. The van der Waals surface area contributed by atoms with E-state index in [2.05, 4.69) is 16.0 Å². The lowest BCUT2D eigenvalue weighted by Crippen LogP contribution is -2.37. The van der Waals surface area contributed by atoms with Gasteiger partial charge in [0, 0.05) is 36.1 Å². The van der Waals surface area contributed by atoms with Crippen LogP contribution >= 0.6 is 23.8 Å². The van der Waals surface area contributed by atoms with Crippen molar-refractivity contribution in [3.8, 4) is 0 Å². The van der Waals surface area contributed by atoms with Crippen molar-refractivity contribution in [1.82, 2.24) is 5.32 Å². The fraction of sp³-hybridized carbons (Fsp3) is 0.160. The van der Waals surface area contributed by atoms with Crippen molar-refractivity contribution in [2.75, 3.05) is 41.8 Å². The van der Waals surface area contributed by atoms with Crippen LogP contribution in [-0.4, -0.2) is 48.2 Å². The first-order valence-electron chi connectivity index (χ1n) is 11.2. The van der Waals surface area contributed by atoms with Crippen LogP contribution in [0.1, 0.15) is 20.7 Å². The number of hydrogen-bond acceptors (Lipinski definition) is 7. The topological polar surface area (TPSA) is 126 Å². The summed E-state index contributed by atoms with van der Waals surface area (Å²) in [5, 5.41) is 20.1. The molecule has 0 saturated carbocycles. The monoisotopic (exact) mass is 539 g/mol. The standard InChI is InChI=1S/C25H22ClN5O5S/c26-20-7-2-1-6-19(20)24(33)27-17-4-3-5-18(15-17)28-25(37)29-23(32)16-8-9-21(22(14-16)31(34)35)30-10-12-36-13-11-30/h1-9,14-15H,10-13H2,(H,27,33)(H2,28,29,32,37). The molecule has 0 aliphatic carbocycles. The molecule has 2 amide bonds. The van der Waals surface area contributed by atoms with Crippen LogP contribution in [-0.2, 0) is 4.74 Å². The van der Waals surface area contributed by atoms with E-state index in [1.165, 1.54) is 12.1 Å². The molecule has 10 nitrogen and oxygen atoms in total. The van der Waals surface area contributed by atoms with Crippen LogP contribution in [0, 0.1) is 10.1 Å². The summed E-state index contributed by atoms with van der Waals surface area (Å²) in [6.07, 6.45) is 0. The first-order valence-corrected chi connectivity index (χ1v) is 12.0. The van der Waals surface area contributed by atoms with Crippen LogP contribution in [0.15, 0.2) is 66.7 Å². The Kier molecular flexibility index (Phi) is 8.29. The van der Waals surface area contributed by atoms with Gasteiger partial charge < -0.3 is 20.3 Å². The van der Waals surface area contributed by atoms with Gasteiger partial charge in [0.05, 0.1) is 28.7 Å². The quantitative estimate of drug-likeness (QED) is 0.238. The first kappa shape index (κ1) is 26.0. The Morgan fingerprint density at radius 3 is 2.35 bits per heavy atom. The smallest absolute Gasteiger partial charge is 0.293 e. The number of halogens is 1. The minimum Gasteiger partial charge on any atom is -0.378 e. The molecule has 0 atom stereocenters. The number of ether oxygens (including phenoxy) is 1. The Bertz CT molecular complexity index is 1360. The van der Waals surface area contributed by atoms with E-state index in [1.807, 2.05) is 4.90 Å². The van der Waals surface area contributed by atoms with Gasteiger partial charge in [0.2, 0.25) is 0 Å². The highest BCUT2D eigenvalue weighted by molar-refractivity contribution is 7.80. The number of morpholine rings is 1. The summed E-state index contributed by atoms with van der Waals surface area (Å²) in [5.41, 5.74) is 1.68. The summed E-state index contributed by atoms with van der Waals surface area (Å²) >= 11 is 11.3. The van der Waals surface area contributed by atoms with E-state index in [9.17, 15) is 19.7 Å². The lowest BCUT2D eigenvalue weighted by molar-refractivity contribution is -0.384. The van der Waals surface area contributed by atoms with Crippen molar-refractivity contribution in [2.24, 2.45) is 0 Å². The molecule has 1 aliphatic rings. The zero-order chi connectivity index (χ0) is 26.4. The van der Waals surface area contributed by atoms with Crippen LogP contribution in [0.4, 0.5) is 22.7 Å². The minimum absolute atomic E-state index is 0.0144. The second kappa shape index (κ2) is 11.8. The average molecular weight is 540 g/mol. The van der Waals surface area contributed by atoms with Gasteiger partial charge in [-0.15, -0.1) is 0 Å². The SMILES string of the molecule is O=C(NC(=S)Nc1cccc(NC(=O)c2ccccc2Cl)c1)c1ccc(N2CCOCC2)c([N+](=O)[O-])c1. The number of thiocarbonyl (C=S) groups is 1. The summed E-state index contributed by atoms with van der Waals surface area (Å²) in [4.78, 5) is 38.3. The number of carbonyl (C=O) groups excluding carboxylic acids is 2. The van der Waals surface area contributed by atoms with E-state index in [-0.39, 0.29) is 22.3 Å².